The molecule has 2 N–H and O–H groups in total. The number of nitrogens with one attached hydrogen (secondary N) is 1. The van der Waals surface area contributed by atoms with Crippen molar-refractivity contribution in [3.8, 4) is 0 Å². The van der Waals surface area contributed by atoms with Crippen LogP contribution in [0.1, 0.15) is 52.9 Å². The summed E-state index contributed by atoms with van der Waals surface area (Å²) in [7, 11) is 0. The Hall–Kier alpha value is -1.14. The van der Waals surface area contributed by atoms with Crippen molar-refractivity contribution in [1.29, 1.82) is 0 Å². The second kappa shape index (κ2) is 7.59. The first-order chi connectivity index (χ1) is 9.30. The molecule has 0 aromatic carbocycles. The molecule has 0 aromatic heterocycles. The van der Waals surface area contributed by atoms with Gasteiger partial charge < -0.3 is 9.47 Å². The summed E-state index contributed by atoms with van der Waals surface area (Å²) in [6.45, 7) is 5.44. The minimum atomic E-state index is -0.490. The first-order valence-electron chi connectivity index (χ1n) is 7.06. The maximum Gasteiger partial charge on any atom is 0.332 e. The van der Waals surface area contributed by atoms with Crippen LogP contribution in [0.3, 0.4) is 0 Å². The van der Waals surface area contributed by atoms with Gasteiger partial charge in [-0.05, 0) is 52.4 Å². The van der Waals surface area contributed by atoms with Crippen molar-refractivity contribution in [2.24, 2.45) is 5.92 Å². The van der Waals surface area contributed by atoms with Crippen molar-refractivity contribution in [3.05, 3.63) is 0 Å². The Balaban J connectivity index is 2.19. The van der Waals surface area contributed by atoms with Gasteiger partial charge in [0.05, 0.1) is 6.10 Å². The molecular weight excluding hydrogens is 262 g/mol. The van der Waals surface area contributed by atoms with Crippen molar-refractivity contribution in [3.63, 3.8) is 0 Å². The van der Waals surface area contributed by atoms with Crippen LogP contribution in [0.15, 0.2) is 0 Å². The maximum absolute atomic E-state index is 11.5. The molecule has 0 bridgehead atoms. The summed E-state index contributed by atoms with van der Waals surface area (Å²) < 4.78 is 10.7. The largest absolute Gasteiger partial charge is 0.458 e. The predicted octanol–water partition coefficient (Wildman–Crippen LogP) is 1.80. The minimum Gasteiger partial charge on any atom is -0.458 e. The monoisotopic (exact) mass is 287 g/mol. The van der Waals surface area contributed by atoms with Gasteiger partial charge in [-0.2, -0.15) is 0 Å². The molecule has 6 nitrogen and oxygen atoms in total. The van der Waals surface area contributed by atoms with Gasteiger partial charge in [0.25, 0.3) is 0 Å². The van der Waals surface area contributed by atoms with E-state index in [1.165, 1.54) is 0 Å². The fourth-order valence-corrected chi connectivity index (χ4v) is 2.37. The fraction of sp³-hybridized carbons (Fsp3) is 0.857. The summed E-state index contributed by atoms with van der Waals surface area (Å²) in [4.78, 5) is 22.6. The molecule has 1 aliphatic carbocycles. The van der Waals surface area contributed by atoms with Crippen molar-refractivity contribution in [1.82, 2.24) is 5.48 Å². The topological polar surface area (TPSA) is 84.9 Å². The molecule has 0 unspecified atom stereocenters. The molecule has 1 rings (SSSR count). The van der Waals surface area contributed by atoms with Crippen LogP contribution in [0.5, 0.6) is 0 Å². The predicted molar refractivity (Wildman–Crippen MR) is 72.1 cm³/mol. The molecule has 1 amide bonds. The summed E-state index contributed by atoms with van der Waals surface area (Å²) in [6.07, 6.45) is 3.78. The van der Waals surface area contributed by atoms with E-state index < -0.39 is 5.60 Å². The summed E-state index contributed by atoms with van der Waals surface area (Å²) in [6, 6.07) is 0. The molecule has 6 heteroatoms. The highest BCUT2D eigenvalue weighted by atomic mass is 16.6. The van der Waals surface area contributed by atoms with E-state index in [4.69, 9.17) is 14.7 Å². The lowest BCUT2D eigenvalue weighted by Crippen LogP contribution is -2.30. The van der Waals surface area contributed by atoms with Gasteiger partial charge in [-0.3, -0.25) is 10.0 Å². The Morgan fingerprint density at radius 3 is 2.30 bits per heavy atom. The van der Waals surface area contributed by atoms with Crippen LogP contribution in [0.4, 0.5) is 0 Å². The van der Waals surface area contributed by atoms with E-state index in [-0.39, 0.29) is 30.5 Å². The second-order valence-electron chi connectivity index (χ2n) is 6.28. The van der Waals surface area contributed by atoms with E-state index in [9.17, 15) is 9.59 Å². The molecule has 116 valence electrons. The van der Waals surface area contributed by atoms with E-state index in [1.807, 2.05) is 20.8 Å². The first-order valence-corrected chi connectivity index (χ1v) is 7.06. The van der Waals surface area contributed by atoms with Crippen molar-refractivity contribution >= 4 is 11.9 Å². The fourth-order valence-electron chi connectivity index (χ4n) is 2.37. The van der Waals surface area contributed by atoms with Crippen molar-refractivity contribution in [2.75, 3.05) is 6.61 Å². The van der Waals surface area contributed by atoms with Gasteiger partial charge in [0.1, 0.15) is 12.2 Å². The van der Waals surface area contributed by atoms with Crippen molar-refractivity contribution in [2.45, 2.75) is 64.6 Å². The lowest BCUT2D eigenvalue weighted by molar-refractivity contribution is -0.163. The van der Waals surface area contributed by atoms with Crippen LogP contribution >= 0.6 is 0 Å². The van der Waals surface area contributed by atoms with E-state index in [0.29, 0.717) is 6.42 Å². The smallest absolute Gasteiger partial charge is 0.332 e. The summed E-state index contributed by atoms with van der Waals surface area (Å²) in [5.41, 5.74) is 1.16. The number of hydroxylamine groups is 1. The van der Waals surface area contributed by atoms with Crippen LogP contribution in [0.2, 0.25) is 0 Å². The van der Waals surface area contributed by atoms with Gasteiger partial charge in [-0.1, -0.05) is 0 Å². The Morgan fingerprint density at radius 2 is 1.80 bits per heavy atom. The minimum absolute atomic E-state index is 0.0241. The maximum atomic E-state index is 11.5. The number of rotatable bonds is 5. The number of carbonyl (C=O) groups is 2. The Kier molecular flexibility index (Phi) is 6.42. The highest BCUT2D eigenvalue weighted by molar-refractivity contribution is 5.74. The van der Waals surface area contributed by atoms with Gasteiger partial charge in [0, 0.05) is 6.42 Å². The molecule has 20 heavy (non-hydrogen) atoms. The molecule has 1 saturated carbocycles. The standard InChI is InChI=1S/C14H25NO5/c1-14(2,3)20-13(17)9-19-11-6-4-10(5-7-11)8-12(16)15-18/h10-11,18H,4-9H2,1-3H3,(H,15,16). The van der Waals surface area contributed by atoms with Crippen LogP contribution < -0.4 is 5.48 Å². The summed E-state index contributed by atoms with van der Waals surface area (Å²) in [5.74, 6) is -0.411. The molecule has 1 fully saturated rings. The number of esters is 1. The molecule has 0 aromatic rings. The number of hydrogen-bond donors (Lipinski definition) is 2. The van der Waals surface area contributed by atoms with Crippen LogP contribution in [0, 0.1) is 5.92 Å². The van der Waals surface area contributed by atoms with Gasteiger partial charge >= 0.3 is 5.97 Å². The quantitative estimate of drug-likeness (QED) is 0.457. The third-order valence-electron chi connectivity index (χ3n) is 3.25. The average Bonchev–Trinajstić information content (AvgIpc) is 2.36. The lowest BCUT2D eigenvalue weighted by atomic mass is 9.85. The third kappa shape index (κ3) is 6.86. The molecule has 1 aliphatic rings. The molecule has 0 heterocycles. The summed E-state index contributed by atoms with van der Waals surface area (Å²) in [5, 5.41) is 8.48. The molecule has 0 atom stereocenters. The Labute approximate surface area is 119 Å². The van der Waals surface area contributed by atoms with E-state index in [2.05, 4.69) is 0 Å². The zero-order valence-electron chi connectivity index (χ0n) is 12.5. The van der Waals surface area contributed by atoms with Crippen LogP contribution in [-0.4, -0.2) is 35.4 Å². The van der Waals surface area contributed by atoms with Gasteiger partial charge in [-0.25, -0.2) is 10.3 Å². The normalized spacial score (nSPS) is 23.2. The second-order valence-corrected chi connectivity index (χ2v) is 6.28. The molecule has 0 spiro atoms. The summed E-state index contributed by atoms with van der Waals surface area (Å²) >= 11 is 0. The SMILES string of the molecule is CC(C)(C)OC(=O)COC1CCC(CC(=O)NO)CC1. The number of carbonyl (C=O) groups excluding carboxylic acids is 2. The van der Waals surface area contributed by atoms with E-state index >= 15 is 0 Å². The van der Waals surface area contributed by atoms with Crippen molar-refractivity contribution < 1.29 is 24.3 Å². The number of amides is 1. The molecular formula is C14H25NO5. The lowest BCUT2D eigenvalue weighted by Gasteiger charge is -2.28. The molecule has 0 saturated heterocycles. The third-order valence-corrected chi connectivity index (χ3v) is 3.25. The van der Waals surface area contributed by atoms with Gasteiger partial charge in [-0.15, -0.1) is 0 Å². The van der Waals surface area contributed by atoms with Gasteiger partial charge in [0.15, 0.2) is 0 Å². The highest BCUT2D eigenvalue weighted by Gasteiger charge is 2.25. The molecule has 0 aliphatic heterocycles. The molecule has 0 radical (unpaired) electrons. The van der Waals surface area contributed by atoms with E-state index in [1.54, 1.807) is 5.48 Å². The van der Waals surface area contributed by atoms with Crippen LogP contribution in [-0.2, 0) is 19.1 Å². The van der Waals surface area contributed by atoms with Gasteiger partial charge in [0.2, 0.25) is 5.91 Å². The number of ether oxygens (including phenoxy) is 2. The van der Waals surface area contributed by atoms with Crippen LogP contribution in [0.25, 0.3) is 0 Å². The number of hydrogen-bond acceptors (Lipinski definition) is 5. The zero-order valence-corrected chi connectivity index (χ0v) is 12.5. The Bertz CT molecular complexity index is 329. The van der Waals surface area contributed by atoms with E-state index in [0.717, 1.165) is 25.7 Å². The zero-order chi connectivity index (χ0) is 15.2. The highest BCUT2D eigenvalue weighted by Crippen LogP contribution is 2.28. The Morgan fingerprint density at radius 1 is 1.20 bits per heavy atom. The first kappa shape index (κ1) is 16.9. The average molecular weight is 287 g/mol.